The summed E-state index contributed by atoms with van der Waals surface area (Å²) in [5, 5.41) is 20.9. The average Bonchev–Trinajstić information content (AvgIpc) is 2.77. The first kappa shape index (κ1) is 15.1. The molecule has 0 spiro atoms. The predicted molar refractivity (Wildman–Crippen MR) is 84.1 cm³/mol. The van der Waals surface area contributed by atoms with E-state index in [1.165, 1.54) is 0 Å². The van der Waals surface area contributed by atoms with Gasteiger partial charge in [-0.1, -0.05) is 13.8 Å². The first-order chi connectivity index (χ1) is 10.4. The molecule has 4 rings (SSSR count). The smallest absolute Gasteiger partial charge is 0.139 e. The lowest BCUT2D eigenvalue weighted by Crippen LogP contribution is -2.58. The molecular formula is C19H30O3. The third-order valence-corrected chi connectivity index (χ3v) is 8.36. The zero-order chi connectivity index (χ0) is 15.7. The van der Waals surface area contributed by atoms with Crippen LogP contribution in [0.15, 0.2) is 0 Å². The molecule has 0 aromatic heterocycles. The molecule has 22 heavy (non-hydrogen) atoms. The molecule has 4 fully saturated rings. The molecule has 0 heterocycles. The van der Waals surface area contributed by atoms with Crippen molar-refractivity contribution in [3.63, 3.8) is 0 Å². The van der Waals surface area contributed by atoms with E-state index in [4.69, 9.17) is 0 Å². The first-order valence-corrected chi connectivity index (χ1v) is 9.25. The minimum atomic E-state index is -0.274. The standard InChI is InChI=1S/C19H30O3/c1-18-7-5-12(20)9-11(18)10-15(21)17-13-3-4-16(22)19(13,2)8-6-14(17)18/h11-15,17,20-21H,3-10H2,1-2H3/t11-,12-,13+,14+,15-,17+,18+,19+/m1/s1. The highest BCUT2D eigenvalue weighted by Crippen LogP contribution is 2.65. The third kappa shape index (κ3) is 1.84. The lowest BCUT2D eigenvalue weighted by Gasteiger charge is -2.61. The van der Waals surface area contributed by atoms with Gasteiger partial charge in [0.25, 0.3) is 0 Å². The van der Waals surface area contributed by atoms with Gasteiger partial charge in [-0.2, -0.15) is 0 Å². The van der Waals surface area contributed by atoms with Crippen molar-refractivity contribution in [2.45, 2.75) is 77.4 Å². The van der Waals surface area contributed by atoms with Crippen LogP contribution in [0.5, 0.6) is 0 Å². The minimum absolute atomic E-state index is 0.167. The van der Waals surface area contributed by atoms with Crippen LogP contribution < -0.4 is 0 Å². The van der Waals surface area contributed by atoms with Crippen LogP contribution in [0.2, 0.25) is 0 Å². The highest BCUT2D eigenvalue weighted by Gasteiger charge is 2.62. The summed E-state index contributed by atoms with van der Waals surface area (Å²) in [7, 11) is 0. The molecule has 2 N–H and O–H groups in total. The Morgan fingerprint density at radius 3 is 2.55 bits per heavy atom. The molecule has 4 aliphatic carbocycles. The second-order valence-corrected chi connectivity index (χ2v) is 9.14. The lowest BCUT2D eigenvalue weighted by molar-refractivity contribution is -0.171. The highest BCUT2D eigenvalue weighted by molar-refractivity contribution is 5.87. The van der Waals surface area contributed by atoms with E-state index < -0.39 is 0 Å². The van der Waals surface area contributed by atoms with E-state index in [-0.39, 0.29) is 23.0 Å². The van der Waals surface area contributed by atoms with Crippen molar-refractivity contribution in [2.75, 3.05) is 0 Å². The summed E-state index contributed by atoms with van der Waals surface area (Å²) in [6, 6.07) is 0. The number of hydrogen-bond donors (Lipinski definition) is 2. The number of aliphatic hydroxyl groups excluding tert-OH is 2. The van der Waals surface area contributed by atoms with E-state index in [1.807, 2.05) is 0 Å². The molecule has 8 atom stereocenters. The highest BCUT2D eigenvalue weighted by atomic mass is 16.3. The van der Waals surface area contributed by atoms with Crippen LogP contribution in [0.3, 0.4) is 0 Å². The Labute approximate surface area is 133 Å². The quantitative estimate of drug-likeness (QED) is 0.723. The third-order valence-electron chi connectivity index (χ3n) is 8.36. The maximum Gasteiger partial charge on any atom is 0.139 e. The van der Waals surface area contributed by atoms with Crippen molar-refractivity contribution in [3.05, 3.63) is 0 Å². The van der Waals surface area contributed by atoms with Gasteiger partial charge in [0, 0.05) is 11.8 Å². The number of carbonyl (C=O) groups is 1. The number of rotatable bonds is 0. The van der Waals surface area contributed by atoms with Gasteiger partial charge in [0.15, 0.2) is 0 Å². The fourth-order valence-corrected chi connectivity index (χ4v) is 6.97. The predicted octanol–water partition coefficient (Wildman–Crippen LogP) is 2.93. The Morgan fingerprint density at radius 1 is 1.00 bits per heavy atom. The molecule has 4 aliphatic rings. The van der Waals surface area contributed by atoms with Crippen LogP contribution in [0.4, 0.5) is 0 Å². The van der Waals surface area contributed by atoms with Crippen molar-refractivity contribution >= 4 is 5.78 Å². The zero-order valence-corrected chi connectivity index (χ0v) is 13.9. The summed E-state index contributed by atoms with van der Waals surface area (Å²) >= 11 is 0. The summed E-state index contributed by atoms with van der Waals surface area (Å²) in [5.74, 6) is 2.13. The van der Waals surface area contributed by atoms with E-state index >= 15 is 0 Å². The summed E-state index contributed by atoms with van der Waals surface area (Å²) in [4.78, 5) is 12.4. The number of Topliss-reactive ketones (excluding diaryl/α,β-unsaturated/α-hetero) is 1. The molecule has 0 amide bonds. The first-order valence-electron chi connectivity index (χ1n) is 9.25. The maximum absolute atomic E-state index is 12.4. The lowest BCUT2D eigenvalue weighted by atomic mass is 9.44. The molecule has 0 saturated heterocycles. The summed E-state index contributed by atoms with van der Waals surface area (Å²) < 4.78 is 0. The van der Waals surface area contributed by atoms with Crippen molar-refractivity contribution in [1.82, 2.24) is 0 Å². The van der Waals surface area contributed by atoms with Crippen LogP contribution in [0.25, 0.3) is 0 Å². The summed E-state index contributed by atoms with van der Waals surface area (Å²) in [6.45, 7) is 4.57. The van der Waals surface area contributed by atoms with Crippen molar-refractivity contribution in [3.8, 4) is 0 Å². The zero-order valence-electron chi connectivity index (χ0n) is 13.9. The van der Waals surface area contributed by atoms with Gasteiger partial charge in [0.2, 0.25) is 0 Å². The summed E-state index contributed by atoms with van der Waals surface area (Å²) in [6.07, 6.45) is 7.03. The Kier molecular flexibility index (Phi) is 3.30. The molecule has 0 unspecified atom stereocenters. The molecular weight excluding hydrogens is 276 g/mol. The largest absolute Gasteiger partial charge is 0.393 e. The topological polar surface area (TPSA) is 57.5 Å². The SMILES string of the molecule is C[C@]12CC[C@@H](O)C[C@@H]1C[C@@H](O)[C@@H]1[C@@H]2CC[C@]2(C)C(=O)CC[C@@H]12. The van der Waals surface area contributed by atoms with Gasteiger partial charge >= 0.3 is 0 Å². The van der Waals surface area contributed by atoms with Gasteiger partial charge in [0.05, 0.1) is 12.2 Å². The normalized spacial score (nSPS) is 57.9. The molecule has 0 aliphatic heterocycles. The Hall–Kier alpha value is -0.410. The van der Waals surface area contributed by atoms with Gasteiger partial charge in [-0.3, -0.25) is 4.79 Å². The number of ketones is 1. The molecule has 0 radical (unpaired) electrons. The van der Waals surface area contributed by atoms with Gasteiger partial charge in [-0.05, 0) is 74.0 Å². The average molecular weight is 306 g/mol. The van der Waals surface area contributed by atoms with E-state index in [1.54, 1.807) is 0 Å². The monoisotopic (exact) mass is 306 g/mol. The van der Waals surface area contributed by atoms with Crippen LogP contribution in [-0.4, -0.2) is 28.2 Å². The van der Waals surface area contributed by atoms with E-state index in [9.17, 15) is 15.0 Å². The maximum atomic E-state index is 12.4. The van der Waals surface area contributed by atoms with Gasteiger partial charge in [0.1, 0.15) is 5.78 Å². The molecule has 124 valence electrons. The van der Waals surface area contributed by atoms with Crippen LogP contribution >= 0.6 is 0 Å². The minimum Gasteiger partial charge on any atom is -0.393 e. The number of hydrogen-bond acceptors (Lipinski definition) is 3. The molecule has 4 saturated carbocycles. The van der Waals surface area contributed by atoms with Crippen LogP contribution in [0.1, 0.15) is 65.2 Å². The van der Waals surface area contributed by atoms with Gasteiger partial charge in [-0.15, -0.1) is 0 Å². The van der Waals surface area contributed by atoms with Crippen LogP contribution in [-0.2, 0) is 4.79 Å². The van der Waals surface area contributed by atoms with Gasteiger partial charge in [-0.25, -0.2) is 0 Å². The Morgan fingerprint density at radius 2 is 1.77 bits per heavy atom. The number of carbonyl (C=O) groups excluding carboxylic acids is 1. The second-order valence-electron chi connectivity index (χ2n) is 9.14. The molecule has 0 bridgehead atoms. The molecule has 0 aromatic carbocycles. The number of fused-ring (bicyclic) bond motifs is 5. The van der Waals surface area contributed by atoms with Crippen molar-refractivity contribution < 1.29 is 15.0 Å². The number of aliphatic hydroxyl groups is 2. The Bertz CT molecular complexity index is 489. The van der Waals surface area contributed by atoms with Gasteiger partial charge < -0.3 is 10.2 Å². The van der Waals surface area contributed by atoms with E-state index in [0.717, 1.165) is 51.4 Å². The fraction of sp³-hybridized carbons (Fsp3) is 0.947. The fourth-order valence-electron chi connectivity index (χ4n) is 6.97. The van der Waals surface area contributed by atoms with Crippen molar-refractivity contribution in [1.29, 1.82) is 0 Å². The molecule has 0 aromatic rings. The summed E-state index contributed by atoms with van der Waals surface area (Å²) in [5.41, 5.74) is 0.0929. The molecule has 3 nitrogen and oxygen atoms in total. The van der Waals surface area contributed by atoms with E-state index in [2.05, 4.69) is 13.8 Å². The Balaban J connectivity index is 1.69. The van der Waals surface area contributed by atoms with Crippen molar-refractivity contribution in [2.24, 2.45) is 34.5 Å². The second kappa shape index (κ2) is 4.80. The van der Waals surface area contributed by atoms with E-state index in [0.29, 0.717) is 29.5 Å². The van der Waals surface area contributed by atoms with Crippen LogP contribution in [0, 0.1) is 34.5 Å². The molecule has 3 heteroatoms.